The predicted octanol–water partition coefficient (Wildman–Crippen LogP) is 4.10. The number of hydrogen-bond acceptors (Lipinski definition) is 6. The first-order valence-electron chi connectivity index (χ1n) is 6.91. The standard InChI is InChI=1S/C15H13I3O6S2/c1-7-4-8(2)14(9(3)5-7)26(22,23)24-13-10(16)6-11(17)15(12(13)18)25(19,20)21/h4-6H,1-3H3,(H,19,20,21)/p-1. The smallest absolute Gasteiger partial charge is 0.339 e. The van der Waals surface area contributed by atoms with Crippen molar-refractivity contribution in [1.82, 2.24) is 0 Å². The molecule has 11 heteroatoms. The van der Waals surface area contributed by atoms with Gasteiger partial charge in [0.1, 0.15) is 15.0 Å². The average Bonchev–Trinajstić information content (AvgIpc) is 2.39. The number of aryl methyl sites for hydroxylation is 3. The molecule has 142 valence electrons. The fraction of sp³-hybridized carbons (Fsp3) is 0.200. The number of rotatable bonds is 4. The van der Waals surface area contributed by atoms with Gasteiger partial charge in [-0.15, -0.1) is 0 Å². The minimum absolute atomic E-state index is 0.0276. The SMILES string of the molecule is Cc1cc(C)c(S(=O)(=O)Oc2c(I)cc(I)c(S(=O)(=O)[O-])c2I)c(C)c1. The molecule has 2 aromatic carbocycles. The Kier molecular flexibility index (Phi) is 6.91. The van der Waals surface area contributed by atoms with Crippen LogP contribution in [0.3, 0.4) is 0 Å². The van der Waals surface area contributed by atoms with E-state index in [1.165, 1.54) is 6.07 Å². The van der Waals surface area contributed by atoms with Crippen molar-refractivity contribution >= 4 is 88.0 Å². The molecule has 2 aromatic rings. The molecule has 0 saturated heterocycles. The zero-order valence-corrected chi connectivity index (χ0v) is 21.7. The highest BCUT2D eigenvalue weighted by Crippen LogP contribution is 2.38. The largest absolute Gasteiger partial charge is 0.744 e. The second-order valence-corrected chi connectivity index (χ2v) is 11.7. The van der Waals surface area contributed by atoms with Crippen LogP contribution >= 0.6 is 67.8 Å². The maximum Gasteiger partial charge on any atom is 0.339 e. The van der Waals surface area contributed by atoms with Gasteiger partial charge in [-0.2, -0.15) is 8.42 Å². The molecule has 0 spiro atoms. The van der Waals surface area contributed by atoms with Gasteiger partial charge in [-0.3, -0.25) is 0 Å². The van der Waals surface area contributed by atoms with E-state index in [0.717, 1.165) is 5.56 Å². The van der Waals surface area contributed by atoms with Crippen molar-refractivity contribution in [2.75, 3.05) is 0 Å². The molecule has 0 radical (unpaired) electrons. The molecule has 6 nitrogen and oxygen atoms in total. The zero-order valence-electron chi connectivity index (χ0n) is 13.6. The van der Waals surface area contributed by atoms with E-state index in [-0.39, 0.29) is 17.8 Å². The molecule has 0 fully saturated rings. The Morgan fingerprint density at radius 1 is 0.846 bits per heavy atom. The number of halogens is 3. The van der Waals surface area contributed by atoms with Gasteiger partial charge in [0.05, 0.1) is 12.0 Å². The summed E-state index contributed by atoms with van der Waals surface area (Å²) in [5.74, 6) is -0.166. The van der Waals surface area contributed by atoms with E-state index >= 15 is 0 Å². The summed E-state index contributed by atoms with van der Waals surface area (Å²) in [7, 11) is -9.01. The second-order valence-electron chi connectivity index (χ2n) is 5.53. The van der Waals surface area contributed by atoms with Crippen LogP contribution in [0.4, 0.5) is 0 Å². The zero-order chi connectivity index (χ0) is 20.0. The minimum atomic E-state index is -4.79. The monoisotopic (exact) mass is 733 g/mol. The molecule has 0 amide bonds. The number of benzene rings is 2. The Balaban J connectivity index is 2.70. The summed E-state index contributed by atoms with van der Waals surface area (Å²) in [6.07, 6.45) is 0. The van der Waals surface area contributed by atoms with Crippen molar-refractivity contribution in [3.63, 3.8) is 0 Å². The van der Waals surface area contributed by atoms with E-state index in [1.54, 1.807) is 71.2 Å². The van der Waals surface area contributed by atoms with Gasteiger partial charge in [0, 0.05) is 3.57 Å². The van der Waals surface area contributed by atoms with Crippen LogP contribution in [0.2, 0.25) is 0 Å². The average molecular weight is 733 g/mol. The second kappa shape index (κ2) is 7.96. The Morgan fingerprint density at radius 3 is 1.81 bits per heavy atom. The van der Waals surface area contributed by atoms with Crippen LogP contribution in [0.25, 0.3) is 0 Å². The molecule has 0 atom stereocenters. The third-order valence-electron chi connectivity index (χ3n) is 3.38. The summed E-state index contributed by atoms with van der Waals surface area (Å²) in [4.78, 5) is -0.457. The fourth-order valence-electron chi connectivity index (χ4n) is 2.57. The lowest BCUT2D eigenvalue weighted by Crippen LogP contribution is -2.16. The van der Waals surface area contributed by atoms with E-state index in [2.05, 4.69) is 0 Å². The van der Waals surface area contributed by atoms with Crippen molar-refractivity contribution < 1.29 is 25.6 Å². The Hall–Kier alpha value is 0.290. The van der Waals surface area contributed by atoms with E-state index < -0.39 is 25.1 Å². The number of hydrogen-bond donors (Lipinski definition) is 0. The van der Waals surface area contributed by atoms with Crippen molar-refractivity contribution in [3.8, 4) is 5.75 Å². The molecule has 0 N–H and O–H groups in total. The normalized spacial score (nSPS) is 12.3. The van der Waals surface area contributed by atoms with Crippen LogP contribution in [-0.4, -0.2) is 21.4 Å². The topological polar surface area (TPSA) is 101 Å². The molecule has 0 saturated carbocycles. The molecule has 0 bridgehead atoms. The summed E-state index contributed by atoms with van der Waals surface area (Å²) >= 11 is 5.19. The van der Waals surface area contributed by atoms with Crippen LogP contribution in [0.5, 0.6) is 5.75 Å². The maximum absolute atomic E-state index is 12.8. The lowest BCUT2D eigenvalue weighted by Gasteiger charge is -2.18. The molecule has 0 aromatic heterocycles. The van der Waals surface area contributed by atoms with Gasteiger partial charge >= 0.3 is 10.1 Å². The van der Waals surface area contributed by atoms with E-state index in [9.17, 15) is 21.4 Å². The van der Waals surface area contributed by atoms with E-state index in [1.807, 2.05) is 29.5 Å². The Bertz CT molecular complexity index is 1090. The van der Waals surface area contributed by atoms with Crippen LogP contribution in [0, 0.1) is 31.5 Å². The molecule has 26 heavy (non-hydrogen) atoms. The third kappa shape index (κ3) is 4.64. The van der Waals surface area contributed by atoms with Crippen LogP contribution in [-0.2, 0) is 20.2 Å². The minimum Gasteiger partial charge on any atom is -0.744 e. The van der Waals surface area contributed by atoms with Gasteiger partial charge in [-0.25, -0.2) is 8.42 Å². The van der Waals surface area contributed by atoms with Crippen molar-refractivity contribution in [1.29, 1.82) is 0 Å². The summed E-state index contributed by atoms with van der Waals surface area (Å²) in [5.41, 5.74) is 1.96. The molecule has 0 aliphatic rings. The molecule has 2 rings (SSSR count). The van der Waals surface area contributed by atoms with Gasteiger partial charge in [-0.05, 0) is 106 Å². The molecular weight excluding hydrogens is 721 g/mol. The highest BCUT2D eigenvalue weighted by Gasteiger charge is 2.27. The lowest BCUT2D eigenvalue weighted by atomic mass is 10.1. The highest BCUT2D eigenvalue weighted by molar-refractivity contribution is 14.1. The summed E-state index contributed by atoms with van der Waals surface area (Å²) in [5, 5.41) is 0. The summed E-state index contributed by atoms with van der Waals surface area (Å²) < 4.78 is 66.2. The van der Waals surface area contributed by atoms with Gasteiger partial charge in [0.25, 0.3) is 0 Å². The maximum atomic E-state index is 12.8. The van der Waals surface area contributed by atoms with Crippen molar-refractivity contribution in [2.45, 2.75) is 30.6 Å². The van der Waals surface area contributed by atoms with Crippen LogP contribution < -0.4 is 4.18 Å². The highest BCUT2D eigenvalue weighted by atomic mass is 127. The first-order chi connectivity index (χ1) is 11.8. The molecule has 0 aliphatic carbocycles. The van der Waals surface area contributed by atoms with Gasteiger partial charge in [0.2, 0.25) is 0 Å². The predicted molar refractivity (Wildman–Crippen MR) is 121 cm³/mol. The van der Waals surface area contributed by atoms with E-state index in [4.69, 9.17) is 4.18 Å². The Labute approximate surface area is 193 Å². The molecular formula is C15H12I3O6S2-. The summed E-state index contributed by atoms with van der Waals surface area (Å²) in [6, 6.07) is 4.84. The summed E-state index contributed by atoms with van der Waals surface area (Å²) in [6.45, 7) is 5.18. The van der Waals surface area contributed by atoms with Gasteiger partial charge in [0.15, 0.2) is 5.75 Å². The van der Waals surface area contributed by atoms with Gasteiger partial charge < -0.3 is 8.74 Å². The first-order valence-corrected chi connectivity index (χ1v) is 13.0. The van der Waals surface area contributed by atoms with Gasteiger partial charge in [-0.1, -0.05) is 17.7 Å². The quantitative estimate of drug-likeness (QED) is 0.267. The van der Waals surface area contributed by atoms with Crippen molar-refractivity contribution in [3.05, 3.63) is 45.6 Å². The molecule has 0 unspecified atom stereocenters. The third-order valence-corrected chi connectivity index (χ3v) is 9.25. The Morgan fingerprint density at radius 2 is 1.35 bits per heavy atom. The first kappa shape index (κ1) is 22.6. The molecule has 0 heterocycles. The lowest BCUT2D eigenvalue weighted by molar-refractivity contribution is 0.457. The molecule has 0 aliphatic heterocycles. The van der Waals surface area contributed by atoms with Crippen LogP contribution in [0.1, 0.15) is 16.7 Å². The van der Waals surface area contributed by atoms with Crippen LogP contribution in [0.15, 0.2) is 28.0 Å². The van der Waals surface area contributed by atoms with E-state index in [0.29, 0.717) is 14.7 Å². The van der Waals surface area contributed by atoms with Crippen molar-refractivity contribution in [2.24, 2.45) is 0 Å². The fourth-order valence-corrected chi connectivity index (χ4v) is 10.1.